The Bertz CT molecular complexity index is 1280. The molecule has 158 valence electrons. The van der Waals surface area contributed by atoms with Gasteiger partial charge in [-0.1, -0.05) is 64.2 Å². The first-order valence-electron chi connectivity index (χ1n) is 19.4. The summed E-state index contributed by atoms with van der Waals surface area (Å²) in [6, 6.07) is 0. The molecule has 26 heavy (non-hydrogen) atoms. The van der Waals surface area contributed by atoms with Crippen LogP contribution in [0.4, 0.5) is 0 Å². The van der Waals surface area contributed by atoms with Crippen LogP contribution in [0, 0.1) is 0 Å². The molecule has 0 unspecified atom stereocenters. The predicted molar refractivity (Wildman–Crippen MR) is 102 cm³/mol. The van der Waals surface area contributed by atoms with Gasteiger partial charge < -0.3 is 14.2 Å². The maximum Gasteiger partial charge on any atom is 0.397 e. The first kappa shape index (κ1) is 6.37. The monoisotopic (exact) mass is 423 g/mol. The summed E-state index contributed by atoms with van der Waals surface area (Å²) in [5.41, 5.74) is 0. The molecule has 0 radical (unpaired) electrons. The summed E-state index contributed by atoms with van der Waals surface area (Å²) in [7, 11) is -4.69. The van der Waals surface area contributed by atoms with E-state index in [1.807, 2.05) is 0 Å². The minimum atomic E-state index is -4.88. The Kier molecular flexibility index (Phi) is 4.78. The van der Waals surface area contributed by atoms with Gasteiger partial charge in [-0.3, -0.25) is 4.55 Å². The Labute approximate surface area is 194 Å². The van der Waals surface area contributed by atoms with Gasteiger partial charge in [0.15, 0.2) is 0 Å². The molecule has 8 heteroatoms. The lowest BCUT2D eigenvalue weighted by Crippen LogP contribution is -2.13. The molecule has 0 amide bonds. The van der Waals surface area contributed by atoms with Crippen molar-refractivity contribution in [3.8, 4) is 0 Å². The Balaban J connectivity index is 6.34. The van der Waals surface area contributed by atoms with E-state index in [0.29, 0.717) is 0 Å². The summed E-state index contributed by atoms with van der Waals surface area (Å²) in [5, 5.41) is 0. The molecule has 0 heterocycles. The zero-order valence-corrected chi connectivity index (χ0v) is 14.4. The molecule has 0 aliphatic carbocycles. The van der Waals surface area contributed by atoms with Crippen molar-refractivity contribution in [1.82, 2.24) is 0 Å². The van der Waals surface area contributed by atoms with Gasteiger partial charge in [-0.05, 0) is 6.37 Å². The van der Waals surface area contributed by atoms with E-state index in [-0.39, 0.29) is 19.8 Å². The highest BCUT2D eigenvalue weighted by Crippen LogP contribution is 2.10. The zero-order chi connectivity index (χ0) is 41.6. The molecule has 0 saturated heterocycles. The molecule has 0 aromatic heterocycles. The number of rotatable bonds is 21. The topological polar surface area (TPSA) is 91.3 Å². The molecule has 0 aliphatic heterocycles. The van der Waals surface area contributed by atoms with Gasteiger partial charge in [-0.15, -0.1) is 0 Å². The van der Waals surface area contributed by atoms with Gasteiger partial charge in [0.05, 0.1) is 42.4 Å². The van der Waals surface area contributed by atoms with Crippen molar-refractivity contribution in [2.45, 2.75) is 70.6 Å². The van der Waals surface area contributed by atoms with Gasteiger partial charge >= 0.3 is 10.4 Å². The molecule has 0 aromatic carbocycles. The van der Waals surface area contributed by atoms with Crippen LogP contribution in [-0.2, 0) is 28.8 Å². The van der Waals surface area contributed by atoms with E-state index in [1.165, 1.54) is 0 Å². The standard InChI is InChI=1S/C18H38O7S/c1-2-3-4-5-6-7-8-9-10-11-12-22-13-14-23-15-16-24-17-18-25-26(19,20)21/h2-18H2,1H3,(H,19,20,21)/i1D3,2D2,3D2,4D2,5D2,6D2,7D2,8D2,9D2,10D2,11D2,12D2. The third-order valence-electron chi connectivity index (χ3n) is 1.85. The summed E-state index contributed by atoms with van der Waals surface area (Å²) in [5.74, 6) is 0. The normalized spacial score (nSPS) is 32.7. The second kappa shape index (κ2) is 19.5. The molecule has 0 spiro atoms. The minimum Gasteiger partial charge on any atom is -0.379 e. The highest BCUT2D eigenvalue weighted by atomic mass is 32.3. The van der Waals surface area contributed by atoms with E-state index >= 15 is 0 Å². The van der Waals surface area contributed by atoms with Gasteiger partial charge in [0.2, 0.25) is 0 Å². The summed E-state index contributed by atoms with van der Waals surface area (Å²) in [6.45, 7) is -10.8. The minimum absolute atomic E-state index is 0.216. The van der Waals surface area contributed by atoms with Crippen LogP contribution < -0.4 is 0 Å². The lowest BCUT2D eigenvalue weighted by Gasteiger charge is -2.07. The van der Waals surface area contributed by atoms with Crippen molar-refractivity contribution in [2.24, 2.45) is 0 Å². The van der Waals surface area contributed by atoms with Crippen LogP contribution in [0.2, 0.25) is 0 Å². The van der Waals surface area contributed by atoms with Crippen LogP contribution in [0.5, 0.6) is 0 Å². The molecule has 0 bridgehead atoms. The molecular weight excluding hydrogens is 360 g/mol. The first-order chi connectivity index (χ1) is 22.0. The molecular formula is C18H38O7S. The Morgan fingerprint density at radius 3 is 1.73 bits per heavy atom. The average molecular weight is 424 g/mol. The molecule has 0 atom stereocenters. The van der Waals surface area contributed by atoms with Crippen molar-refractivity contribution in [3.63, 3.8) is 0 Å². The fraction of sp³-hybridized carbons (Fsp3) is 1.00. The highest BCUT2D eigenvalue weighted by molar-refractivity contribution is 7.80. The van der Waals surface area contributed by atoms with Gasteiger partial charge in [0.1, 0.15) is 0 Å². The molecule has 0 saturated carbocycles. The second-order valence-corrected chi connectivity index (χ2v) is 4.77. The smallest absolute Gasteiger partial charge is 0.379 e. The van der Waals surface area contributed by atoms with Crippen LogP contribution >= 0.6 is 0 Å². The van der Waals surface area contributed by atoms with Crippen molar-refractivity contribution in [3.05, 3.63) is 0 Å². The quantitative estimate of drug-likeness (QED) is 0.222. The number of hydrogen-bond donors (Lipinski definition) is 1. The summed E-state index contributed by atoms with van der Waals surface area (Å²) in [4.78, 5) is 0. The Morgan fingerprint density at radius 2 is 1.19 bits per heavy atom. The van der Waals surface area contributed by atoms with Crippen LogP contribution in [0.3, 0.4) is 0 Å². The number of hydrogen-bond acceptors (Lipinski definition) is 6. The van der Waals surface area contributed by atoms with Gasteiger partial charge in [0.25, 0.3) is 0 Å². The van der Waals surface area contributed by atoms with Crippen LogP contribution in [0.25, 0.3) is 0 Å². The van der Waals surface area contributed by atoms with Crippen molar-refractivity contribution in [2.75, 3.05) is 46.2 Å². The molecule has 0 aromatic rings. The molecule has 0 aliphatic rings. The van der Waals surface area contributed by atoms with Gasteiger partial charge in [-0.25, -0.2) is 4.18 Å². The van der Waals surface area contributed by atoms with Crippen molar-refractivity contribution < 1.29 is 65.6 Å². The van der Waals surface area contributed by atoms with Crippen molar-refractivity contribution >= 4 is 10.4 Å². The third-order valence-corrected chi connectivity index (χ3v) is 2.31. The molecule has 1 N–H and O–H groups in total. The summed E-state index contributed by atoms with van der Waals surface area (Å²) >= 11 is 0. The van der Waals surface area contributed by atoms with Crippen LogP contribution in [0.15, 0.2) is 0 Å². The largest absolute Gasteiger partial charge is 0.397 e. The average Bonchev–Trinajstić information content (AvgIpc) is 2.91. The van der Waals surface area contributed by atoms with Crippen molar-refractivity contribution in [1.29, 1.82) is 0 Å². The van der Waals surface area contributed by atoms with Gasteiger partial charge in [-0.2, -0.15) is 8.42 Å². The fourth-order valence-electron chi connectivity index (χ4n) is 0.983. The fourth-order valence-corrected chi connectivity index (χ4v) is 1.26. The highest BCUT2D eigenvalue weighted by Gasteiger charge is 2.02. The van der Waals surface area contributed by atoms with E-state index < -0.39 is 107 Å². The second-order valence-electron chi connectivity index (χ2n) is 3.67. The zero-order valence-electron chi connectivity index (χ0n) is 38.5. The predicted octanol–water partition coefficient (Wildman–Crippen LogP) is 3.78. The van der Waals surface area contributed by atoms with E-state index in [0.717, 1.165) is 0 Å². The van der Waals surface area contributed by atoms with E-state index in [4.69, 9.17) is 48.3 Å². The number of ether oxygens (including phenoxy) is 3. The van der Waals surface area contributed by atoms with E-state index in [9.17, 15) is 8.42 Å². The van der Waals surface area contributed by atoms with Crippen LogP contribution in [-0.4, -0.2) is 59.2 Å². The summed E-state index contributed by atoms with van der Waals surface area (Å²) < 4.78 is 246. The van der Waals surface area contributed by atoms with Gasteiger partial charge in [0, 0.05) is 38.1 Å². The molecule has 0 fully saturated rings. The summed E-state index contributed by atoms with van der Waals surface area (Å²) in [6.07, 6.45) is -46.7. The van der Waals surface area contributed by atoms with E-state index in [2.05, 4.69) is 8.92 Å². The van der Waals surface area contributed by atoms with Crippen LogP contribution in [0.1, 0.15) is 105 Å². The SMILES string of the molecule is [2H]C([2H])([2H])C([2H])([2H])C([2H])([2H])C([2H])([2H])C([2H])([2H])C([2H])([2H])C([2H])([2H])C([2H])([2H])C([2H])([2H])C([2H])([2H])C([2H])([2H])C([2H])([2H])OCCOCCOCCOS(=O)(=O)O. The maximum absolute atomic E-state index is 10.4. The third kappa shape index (κ3) is 23.8. The Morgan fingerprint density at radius 1 is 0.731 bits per heavy atom. The molecule has 7 nitrogen and oxygen atoms in total. The maximum atomic E-state index is 10.4. The lowest BCUT2D eigenvalue weighted by atomic mass is 10.1. The lowest BCUT2D eigenvalue weighted by molar-refractivity contribution is 0.00854. The Hall–Kier alpha value is -0.250. The van der Waals surface area contributed by atoms with E-state index in [1.54, 1.807) is 0 Å². The first-order valence-corrected chi connectivity index (χ1v) is 8.23. The molecule has 0 rings (SSSR count).